The molecule has 0 bridgehead atoms. The maximum atomic E-state index is 12.5. The lowest BCUT2D eigenvalue weighted by Gasteiger charge is -2.17. The second-order valence-electron chi connectivity index (χ2n) is 4.33. The Labute approximate surface area is 102 Å². The minimum Gasteiger partial charge on any atom is -0.495 e. The third kappa shape index (κ3) is 2.17. The molecule has 0 aliphatic heterocycles. The van der Waals surface area contributed by atoms with Crippen LogP contribution in [-0.4, -0.2) is 26.8 Å². The first kappa shape index (κ1) is 12.4. The number of hydrogen-bond donors (Lipinski definition) is 1. The van der Waals surface area contributed by atoms with Crippen LogP contribution in [0, 0.1) is 0 Å². The highest BCUT2D eigenvalue weighted by molar-refractivity contribution is 7.92. The van der Waals surface area contributed by atoms with E-state index in [9.17, 15) is 8.42 Å². The fourth-order valence-corrected chi connectivity index (χ4v) is 4.46. The second-order valence-corrected chi connectivity index (χ2v) is 6.46. The standard InChI is InChI=1S/C12H17NO3S/c1-16-10-6-2-3-7-12(10)17(14,15)11-8-4-5-9(11)13/h2-3,6-7,9,11H,4-5,8,13H2,1H3. The smallest absolute Gasteiger partial charge is 0.186 e. The zero-order chi connectivity index (χ0) is 12.5. The van der Waals surface area contributed by atoms with Crippen molar-refractivity contribution in [3.8, 4) is 5.75 Å². The van der Waals surface area contributed by atoms with Crippen LogP contribution in [0.15, 0.2) is 29.2 Å². The number of nitrogens with two attached hydrogens (primary N) is 1. The first-order valence-electron chi connectivity index (χ1n) is 5.70. The van der Waals surface area contributed by atoms with Crippen LogP contribution in [0.2, 0.25) is 0 Å². The van der Waals surface area contributed by atoms with Crippen molar-refractivity contribution < 1.29 is 13.2 Å². The molecule has 0 spiro atoms. The van der Waals surface area contributed by atoms with Crippen LogP contribution < -0.4 is 10.5 Å². The number of ether oxygens (including phenoxy) is 1. The molecule has 0 aromatic heterocycles. The Bertz CT molecular complexity index is 498. The summed E-state index contributed by atoms with van der Waals surface area (Å²) in [5.41, 5.74) is 5.87. The molecule has 2 unspecified atom stereocenters. The zero-order valence-electron chi connectivity index (χ0n) is 9.80. The average Bonchev–Trinajstić information content (AvgIpc) is 2.76. The van der Waals surface area contributed by atoms with Crippen molar-refractivity contribution in [2.75, 3.05) is 7.11 Å². The molecule has 5 heteroatoms. The molecule has 1 saturated carbocycles. The van der Waals surface area contributed by atoms with E-state index in [0.717, 1.165) is 12.8 Å². The summed E-state index contributed by atoms with van der Waals surface area (Å²) in [7, 11) is -1.91. The van der Waals surface area contributed by atoms with E-state index in [2.05, 4.69) is 0 Å². The van der Waals surface area contributed by atoms with Gasteiger partial charge in [-0.05, 0) is 25.0 Å². The van der Waals surface area contributed by atoms with E-state index in [1.807, 2.05) is 0 Å². The molecule has 1 aliphatic rings. The van der Waals surface area contributed by atoms with E-state index >= 15 is 0 Å². The molecule has 0 amide bonds. The highest BCUT2D eigenvalue weighted by Gasteiger charge is 2.37. The topological polar surface area (TPSA) is 69.4 Å². The van der Waals surface area contributed by atoms with Gasteiger partial charge < -0.3 is 10.5 Å². The van der Waals surface area contributed by atoms with Gasteiger partial charge in [-0.15, -0.1) is 0 Å². The largest absolute Gasteiger partial charge is 0.495 e. The van der Waals surface area contributed by atoms with Gasteiger partial charge in [-0.1, -0.05) is 18.6 Å². The molecule has 17 heavy (non-hydrogen) atoms. The number of para-hydroxylation sites is 1. The van der Waals surface area contributed by atoms with Gasteiger partial charge in [0.15, 0.2) is 9.84 Å². The second kappa shape index (κ2) is 4.66. The van der Waals surface area contributed by atoms with Crippen molar-refractivity contribution >= 4 is 9.84 Å². The normalized spacial score (nSPS) is 24.8. The Morgan fingerprint density at radius 2 is 2.00 bits per heavy atom. The van der Waals surface area contributed by atoms with E-state index in [0.29, 0.717) is 12.2 Å². The number of rotatable bonds is 3. The third-order valence-corrected chi connectivity index (χ3v) is 5.61. The van der Waals surface area contributed by atoms with E-state index in [1.165, 1.54) is 7.11 Å². The molecule has 1 aromatic carbocycles. The summed E-state index contributed by atoms with van der Waals surface area (Å²) < 4.78 is 30.0. The van der Waals surface area contributed by atoms with Crippen LogP contribution in [0.3, 0.4) is 0 Å². The average molecular weight is 255 g/mol. The first-order valence-corrected chi connectivity index (χ1v) is 7.24. The number of hydrogen-bond acceptors (Lipinski definition) is 4. The maximum Gasteiger partial charge on any atom is 0.186 e. The highest BCUT2D eigenvalue weighted by atomic mass is 32.2. The van der Waals surface area contributed by atoms with Crippen LogP contribution in [-0.2, 0) is 9.84 Å². The van der Waals surface area contributed by atoms with Crippen LogP contribution in [0.4, 0.5) is 0 Å². The van der Waals surface area contributed by atoms with Crippen LogP contribution >= 0.6 is 0 Å². The van der Waals surface area contributed by atoms with Crippen molar-refractivity contribution in [1.29, 1.82) is 0 Å². The summed E-state index contributed by atoms with van der Waals surface area (Å²) in [5, 5.41) is -0.473. The maximum absolute atomic E-state index is 12.5. The molecule has 2 rings (SSSR count). The van der Waals surface area contributed by atoms with Crippen molar-refractivity contribution in [2.24, 2.45) is 5.73 Å². The molecule has 4 nitrogen and oxygen atoms in total. The summed E-state index contributed by atoms with van der Waals surface area (Å²) in [6.45, 7) is 0. The van der Waals surface area contributed by atoms with E-state index in [4.69, 9.17) is 10.5 Å². The van der Waals surface area contributed by atoms with Crippen LogP contribution in [0.25, 0.3) is 0 Å². The minimum absolute atomic E-state index is 0.254. The fourth-order valence-electron chi connectivity index (χ4n) is 2.36. The van der Waals surface area contributed by atoms with E-state index in [-0.39, 0.29) is 10.9 Å². The molecule has 94 valence electrons. The monoisotopic (exact) mass is 255 g/mol. The van der Waals surface area contributed by atoms with Gasteiger partial charge in [0, 0.05) is 6.04 Å². The summed E-state index contributed by atoms with van der Waals surface area (Å²) in [6, 6.07) is 6.44. The van der Waals surface area contributed by atoms with Gasteiger partial charge in [0.1, 0.15) is 10.6 Å². The summed E-state index contributed by atoms with van der Waals surface area (Å²) in [6.07, 6.45) is 2.29. The van der Waals surface area contributed by atoms with Gasteiger partial charge in [0.25, 0.3) is 0 Å². The van der Waals surface area contributed by atoms with Gasteiger partial charge in [0.05, 0.1) is 12.4 Å². The first-order chi connectivity index (χ1) is 8.07. The fraction of sp³-hybridized carbons (Fsp3) is 0.500. The Balaban J connectivity index is 2.44. The van der Waals surface area contributed by atoms with E-state index in [1.54, 1.807) is 24.3 Å². The molecule has 0 heterocycles. The SMILES string of the molecule is COc1ccccc1S(=O)(=O)C1CCCC1N. The van der Waals surface area contributed by atoms with Crippen molar-refractivity contribution in [3.05, 3.63) is 24.3 Å². The van der Waals surface area contributed by atoms with Crippen molar-refractivity contribution in [2.45, 2.75) is 35.4 Å². The molecular weight excluding hydrogens is 238 g/mol. The highest BCUT2D eigenvalue weighted by Crippen LogP contribution is 2.33. The molecule has 1 aliphatic carbocycles. The lowest BCUT2D eigenvalue weighted by atomic mass is 10.3. The lowest BCUT2D eigenvalue weighted by Crippen LogP contribution is -2.35. The molecule has 0 radical (unpaired) electrons. The molecule has 2 atom stereocenters. The zero-order valence-corrected chi connectivity index (χ0v) is 10.6. The Kier molecular flexibility index (Phi) is 3.40. The third-order valence-electron chi connectivity index (χ3n) is 3.28. The molecular formula is C12H17NO3S. The Hall–Kier alpha value is -1.07. The number of methoxy groups -OCH3 is 1. The number of sulfone groups is 1. The van der Waals surface area contributed by atoms with Crippen molar-refractivity contribution in [3.63, 3.8) is 0 Å². The summed E-state index contributed by atoms with van der Waals surface area (Å²) in [5.74, 6) is 0.395. The quantitative estimate of drug-likeness (QED) is 0.885. The van der Waals surface area contributed by atoms with Gasteiger partial charge in [-0.3, -0.25) is 0 Å². The van der Waals surface area contributed by atoms with Gasteiger partial charge in [-0.2, -0.15) is 0 Å². The van der Waals surface area contributed by atoms with E-state index < -0.39 is 15.1 Å². The molecule has 1 aromatic rings. The van der Waals surface area contributed by atoms with Gasteiger partial charge >= 0.3 is 0 Å². The Morgan fingerprint density at radius 3 is 2.59 bits per heavy atom. The molecule has 2 N–H and O–H groups in total. The summed E-state index contributed by atoms with van der Waals surface area (Å²) in [4.78, 5) is 0.254. The van der Waals surface area contributed by atoms with Crippen molar-refractivity contribution in [1.82, 2.24) is 0 Å². The number of benzene rings is 1. The van der Waals surface area contributed by atoms with Gasteiger partial charge in [0.2, 0.25) is 0 Å². The molecule has 0 saturated heterocycles. The summed E-state index contributed by atoms with van der Waals surface area (Å²) >= 11 is 0. The van der Waals surface area contributed by atoms with Crippen LogP contribution in [0.1, 0.15) is 19.3 Å². The predicted octanol–water partition coefficient (Wildman–Crippen LogP) is 1.35. The molecule has 1 fully saturated rings. The van der Waals surface area contributed by atoms with Crippen LogP contribution in [0.5, 0.6) is 5.75 Å². The predicted molar refractivity (Wildman–Crippen MR) is 65.8 cm³/mol. The lowest BCUT2D eigenvalue weighted by molar-refractivity contribution is 0.402. The minimum atomic E-state index is -3.38. The Morgan fingerprint density at radius 1 is 1.29 bits per heavy atom. The van der Waals surface area contributed by atoms with Gasteiger partial charge in [-0.25, -0.2) is 8.42 Å².